The average molecular weight is 507 g/mol. The molecule has 3 aromatic rings. The molecule has 0 spiro atoms. The van der Waals surface area contributed by atoms with E-state index in [1.54, 1.807) is 24.1 Å². The van der Waals surface area contributed by atoms with E-state index in [1.807, 2.05) is 79.7 Å². The number of carbonyl (C=O) groups is 1. The van der Waals surface area contributed by atoms with Crippen LogP contribution in [0.3, 0.4) is 0 Å². The Kier molecular flexibility index (Phi) is 8.11. The zero-order valence-corrected chi connectivity index (χ0v) is 21.8. The normalized spacial score (nSPS) is 18.5. The highest BCUT2D eigenvalue weighted by Crippen LogP contribution is 2.37. The summed E-state index contributed by atoms with van der Waals surface area (Å²) in [6.45, 7) is 3.24. The number of benzene rings is 3. The number of nitrogens with zero attached hydrogens (tertiary/aromatic N) is 2. The van der Waals surface area contributed by atoms with Crippen LogP contribution < -0.4 is 4.74 Å². The van der Waals surface area contributed by atoms with Gasteiger partial charge in [-0.3, -0.25) is 4.79 Å². The molecule has 1 amide bonds. The summed E-state index contributed by atoms with van der Waals surface area (Å²) in [6, 6.07) is 26.4. The molecular weight excluding hydrogens is 472 g/mol. The molecule has 0 aliphatic carbocycles. The van der Waals surface area contributed by atoms with Gasteiger partial charge >= 0.3 is 0 Å². The lowest BCUT2D eigenvalue weighted by Crippen LogP contribution is -2.50. The Morgan fingerprint density at radius 1 is 0.972 bits per heavy atom. The van der Waals surface area contributed by atoms with E-state index in [0.29, 0.717) is 42.1 Å². The molecule has 1 aliphatic heterocycles. The summed E-state index contributed by atoms with van der Waals surface area (Å²) in [7, 11) is -1.90. The van der Waals surface area contributed by atoms with Gasteiger partial charge in [-0.2, -0.15) is 4.31 Å². The van der Waals surface area contributed by atoms with Gasteiger partial charge in [-0.05, 0) is 49.1 Å². The Morgan fingerprint density at radius 3 is 2.31 bits per heavy atom. The van der Waals surface area contributed by atoms with Crippen molar-refractivity contribution in [1.29, 1.82) is 0 Å². The Hall–Kier alpha value is -3.16. The number of aryl methyl sites for hydroxylation is 1. The highest BCUT2D eigenvalue weighted by Gasteiger charge is 2.43. The van der Waals surface area contributed by atoms with Gasteiger partial charge in [-0.1, -0.05) is 66.7 Å². The van der Waals surface area contributed by atoms with Crippen molar-refractivity contribution in [2.45, 2.75) is 37.6 Å². The van der Waals surface area contributed by atoms with Crippen LogP contribution in [0.5, 0.6) is 5.75 Å². The Balaban J connectivity index is 1.57. The van der Waals surface area contributed by atoms with Crippen LogP contribution in [0.4, 0.5) is 0 Å². The van der Waals surface area contributed by atoms with Crippen molar-refractivity contribution in [3.63, 3.8) is 0 Å². The number of carbonyl (C=O) groups excluding carboxylic acids is 1. The van der Waals surface area contributed by atoms with Gasteiger partial charge in [-0.25, -0.2) is 8.42 Å². The van der Waals surface area contributed by atoms with Crippen LogP contribution in [0.15, 0.2) is 89.8 Å². The first-order valence-electron chi connectivity index (χ1n) is 12.3. The number of rotatable bonds is 9. The van der Waals surface area contributed by atoms with Crippen molar-refractivity contribution in [3.05, 3.63) is 96.1 Å². The van der Waals surface area contributed by atoms with Crippen molar-refractivity contribution in [1.82, 2.24) is 9.21 Å². The molecule has 1 aliphatic rings. The number of piperidine rings is 1. The minimum atomic E-state index is -3.70. The standard InChI is InChI=1S/C29H34N2O4S/c1-24-12-9-10-17-27(24)36(33,34)31-19-11-18-29(22-31,23-35-26-15-7-4-8-16-26)20-28(32)30(2)21-25-13-5-3-6-14-25/h3-10,12-17H,11,18-23H2,1-2H3. The molecule has 1 saturated heterocycles. The lowest BCUT2D eigenvalue weighted by molar-refractivity contribution is -0.134. The highest BCUT2D eigenvalue weighted by molar-refractivity contribution is 7.89. The molecule has 1 fully saturated rings. The van der Waals surface area contributed by atoms with E-state index < -0.39 is 15.4 Å². The van der Waals surface area contributed by atoms with Crippen molar-refractivity contribution < 1.29 is 17.9 Å². The average Bonchev–Trinajstić information content (AvgIpc) is 2.89. The van der Waals surface area contributed by atoms with Crippen molar-refractivity contribution >= 4 is 15.9 Å². The molecule has 0 bridgehead atoms. The largest absolute Gasteiger partial charge is 0.493 e. The Bertz CT molecular complexity index is 1260. The van der Waals surface area contributed by atoms with Crippen molar-refractivity contribution in [2.75, 3.05) is 26.7 Å². The summed E-state index contributed by atoms with van der Waals surface area (Å²) in [5.74, 6) is 0.687. The number of amides is 1. The predicted octanol–water partition coefficient (Wildman–Crippen LogP) is 4.89. The van der Waals surface area contributed by atoms with Gasteiger partial charge in [0, 0.05) is 38.5 Å². The fraction of sp³-hybridized carbons (Fsp3) is 0.345. The smallest absolute Gasteiger partial charge is 0.243 e. The molecule has 36 heavy (non-hydrogen) atoms. The van der Waals surface area contributed by atoms with Gasteiger partial charge in [0.05, 0.1) is 11.5 Å². The Labute approximate surface area is 214 Å². The van der Waals surface area contributed by atoms with Gasteiger partial charge in [0.15, 0.2) is 0 Å². The molecule has 0 N–H and O–H groups in total. The molecule has 190 valence electrons. The molecule has 1 unspecified atom stereocenters. The fourth-order valence-electron chi connectivity index (χ4n) is 4.82. The molecule has 0 aromatic heterocycles. The van der Waals surface area contributed by atoms with Gasteiger partial charge in [0.1, 0.15) is 5.75 Å². The number of hydrogen-bond donors (Lipinski definition) is 0. The van der Waals surface area contributed by atoms with E-state index in [4.69, 9.17) is 4.74 Å². The van der Waals surface area contributed by atoms with E-state index in [9.17, 15) is 13.2 Å². The summed E-state index contributed by atoms with van der Waals surface area (Å²) in [5, 5.41) is 0. The van der Waals surface area contributed by atoms with Crippen molar-refractivity contribution in [3.8, 4) is 5.75 Å². The monoisotopic (exact) mass is 506 g/mol. The van der Waals surface area contributed by atoms with E-state index in [-0.39, 0.29) is 25.5 Å². The quantitative estimate of drug-likeness (QED) is 0.414. The number of para-hydroxylation sites is 1. The van der Waals surface area contributed by atoms with Crippen LogP contribution in [0, 0.1) is 12.3 Å². The first-order chi connectivity index (χ1) is 17.3. The summed E-state index contributed by atoms with van der Waals surface area (Å²) in [5.41, 5.74) is 1.13. The third-order valence-electron chi connectivity index (χ3n) is 6.84. The second kappa shape index (κ2) is 11.3. The van der Waals surface area contributed by atoms with Crippen LogP contribution in [0.1, 0.15) is 30.4 Å². The maximum Gasteiger partial charge on any atom is 0.243 e. The first kappa shape index (κ1) is 25.9. The van der Waals surface area contributed by atoms with Gasteiger partial charge in [-0.15, -0.1) is 0 Å². The highest BCUT2D eigenvalue weighted by atomic mass is 32.2. The van der Waals surface area contributed by atoms with Gasteiger partial charge < -0.3 is 9.64 Å². The lowest BCUT2D eigenvalue weighted by atomic mass is 9.78. The molecule has 0 saturated carbocycles. The van der Waals surface area contributed by atoms with Crippen LogP contribution in [0.25, 0.3) is 0 Å². The molecule has 3 aromatic carbocycles. The second-order valence-electron chi connectivity index (χ2n) is 9.72. The zero-order valence-electron chi connectivity index (χ0n) is 21.0. The minimum absolute atomic E-state index is 0.0225. The first-order valence-corrected chi connectivity index (χ1v) is 13.7. The maximum atomic E-state index is 13.6. The van der Waals surface area contributed by atoms with Gasteiger partial charge in [0.25, 0.3) is 0 Å². The number of ether oxygens (including phenoxy) is 1. The molecule has 1 heterocycles. The van der Waals surface area contributed by atoms with Gasteiger partial charge in [0.2, 0.25) is 15.9 Å². The second-order valence-corrected chi connectivity index (χ2v) is 11.6. The van der Waals surface area contributed by atoms with Crippen molar-refractivity contribution in [2.24, 2.45) is 5.41 Å². The molecule has 0 radical (unpaired) electrons. The van der Waals surface area contributed by atoms with Crippen LogP contribution in [-0.2, 0) is 21.4 Å². The SMILES string of the molecule is Cc1ccccc1S(=O)(=O)N1CCCC(COc2ccccc2)(CC(=O)N(C)Cc2ccccc2)C1. The van der Waals surface area contributed by atoms with E-state index >= 15 is 0 Å². The van der Waals surface area contributed by atoms with E-state index in [2.05, 4.69) is 0 Å². The lowest BCUT2D eigenvalue weighted by Gasteiger charge is -2.42. The number of hydrogen-bond acceptors (Lipinski definition) is 4. The summed E-state index contributed by atoms with van der Waals surface area (Å²) >= 11 is 0. The van der Waals surface area contributed by atoms with Crippen LogP contribution in [-0.4, -0.2) is 50.3 Å². The fourth-order valence-corrected chi connectivity index (χ4v) is 6.64. The maximum absolute atomic E-state index is 13.6. The molecule has 6 nitrogen and oxygen atoms in total. The van der Waals surface area contributed by atoms with Crippen LogP contribution >= 0.6 is 0 Å². The third kappa shape index (κ3) is 6.15. The molecular formula is C29H34N2O4S. The summed E-state index contributed by atoms with van der Waals surface area (Å²) in [4.78, 5) is 15.4. The van der Waals surface area contributed by atoms with E-state index in [0.717, 1.165) is 5.56 Å². The zero-order chi connectivity index (χ0) is 25.6. The summed E-state index contributed by atoms with van der Waals surface area (Å²) < 4.78 is 34.9. The Morgan fingerprint density at radius 2 is 1.61 bits per heavy atom. The minimum Gasteiger partial charge on any atom is -0.493 e. The predicted molar refractivity (Wildman–Crippen MR) is 141 cm³/mol. The summed E-state index contributed by atoms with van der Waals surface area (Å²) in [6.07, 6.45) is 1.59. The molecule has 7 heteroatoms. The topological polar surface area (TPSA) is 66.9 Å². The van der Waals surface area contributed by atoms with Crippen LogP contribution in [0.2, 0.25) is 0 Å². The number of sulfonamides is 1. The molecule has 4 rings (SSSR count). The molecule has 1 atom stereocenters. The van der Waals surface area contributed by atoms with E-state index in [1.165, 1.54) is 4.31 Å². The third-order valence-corrected chi connectivity index (χ3v) is 8.85.